The number of hydrogen-bond acceptors (Lipinski definition) is 3. The molecule has 1 amide bonds. The predicted molar refractivity (Wildman–Crippen MR) is 90.6 cm³/mol. The molecule has 5 nitrogen and oxygen atoms in total. The third-order valence-electron chi connectivity index (χ3n) is 4.79. The predicted octanol–water partition coefficient (Wildman–Crippen LogP) is 2.71. The van der Waals surface area contributed by atoms with Crippen molar-refractivity contribution in [2.45, 2.75) is 19.6 Å². The van der Waals surface area contributed by atoms with Crippen molar-refractivity contribution in [3.05, 3.63) is 52.8 Å². The van der Waals surface area contributed by atoms with E-state index in [1.54, 1.807) is 28.9 Å². The average Bonchev–Trinajstić information content (AvgIpc) is 2.94. The Kier molecular flexibility index (Phi) is 5.04. The molecule has 1 aromatic carbocycles. The van der Waals surface area contributed by atoms with Crippen molar-refractivity contribution in [2.75, 3.05) is 26.2 Å². The van der Waals surface area contributed by atoms with Crippen LogP contribution in [0.15, 0.2) is 30.5 Å². The van der Waals surface area contributed by atoms with Gasteiger partial charge in [0.1, 0.15) is 0 Å². The molecule has 1 saturated heterocycles. The molecule has 1 aliphatic rings. The van der Waals surface area contributed by atoms with Crippen LogP contribution in [0.25, 0.3) is 0 Å². The number of aromatic nitrogens is 2. The van der Waals surface area contributed by atoms with Crippen LogP contribution in [0, 0.1) is 6.92 Å². The summed E-state index contributed by atoms with van der Waals surface area (Å²) in [4.78, 5) is 16.4. The van der Waals surface area contributed by atoms with Gasteiger partial charge >= 0.3 is 6.18 Å². The molecule has 0 unspecified atom stereocenters. The van der Waals surface area contributed by atoms with Crippen molar-refractivity contribution >= 4 is 5.91 Å². The first-order valence-electron chi connectivity index (χ1n) is 8.42. The molecule has 140 valence electrons. The molecule has 0 spiro atoms. The van der Waals surface area contributed by atoms with Gasteiger partial charge in [-0.05, 0) is 18.6 Å². The molecule has 0 aliphatic carbocycles. The highest BCUT2D eigenvalue weighted by Gasteiger charge is 2.30. The minimum absolute atomic E-state index is 0.0469. The molecule has 0 saturated carbocycles. The van der Waals surface area contributed by atoms with Crippen LogP contribution >= 0.6 is 0 Å². The second-order valence-electron chi connectivity index (χ2n) is 6.53. The van der Waals surface area contributed by atoms with Crippen molar-refractivity contribution in [1.29, 1.82) is 0 Å². The molecule has 0 bridgehead atoms. The molecule has 26 heavy (non-hydrogen) atoms. The Morgan fingerprint density at radius 2 is 1.88 bits per heavy atom. The summed E-state index contributed by atoms with van der Waals surface area (Å²) in [6, 6.07) is 5.40. The van der Waals surface area contributed by atoms with Gasteiger partial charge in [-0.3, -0.25) is 14.4 Å². The molecule has 8 heteroatoms. The van der Waals surface area contributed by atoms with Gasteiger partial charge in [0, 0.05) is 45.5 Å². The van der Waals surface area contributed by atoms with Crippen molar-refractivity contribution in [3.8, 4) is 0 Å². The van der Waals surface area contributed by atoms with Crippen molar-refractivity contribution in [1.82, 2.24) is 19.6 Å². The van der Waals surface area contributed by atoms with Crippen molar-refractivity contribution in [3.63, 3.8) is 0 Å². The first-order chi connectivity index (χ1) is 12.3. The maximum absolute atomic E-state index is 12.8. The average molecular weight is 366 g/mol. The summed E-state index contributed by atoms with van der Waals surface area (Å²) >= 11 is 0. The van der Waals surface area contributed by atoms with Gasteiger partial charge in [0.05, 0.1) is 17.3 Å². The Labute approximate surface area is 150 Å². The molecule has 1 fully saturated rings. The molecule has 2 heterocycles. The number of carbonyl (C=O) groups is 1. The highest BCUT2D eigenvalue weighted by molar-refractivity contribution is 5.95. The van der Waals surface area contributed by atoms with Crippen LogP contribution in [0.5, 0.6) is 0 Å². The number of nitrogens with zero attached hydrogens (tertiary/aromatic N) is 4. The zero-order valence-corrected chi connectivity index (χ0v) is 14.8. The normalized spacial score (nSPS) is 16.1. The molecule has 1 aromatic heterocycles. The number of hydrogen-bond donors (Lipinski definition) is 0. The Hall–Kier alpha value is -2.35. The highest BCUT2D eigenvalue weighted by atomic mass is 19.4. The molecule has 0 radical (unpaired) electrons. The van der Waals surface area contributed by atoms with Gasteiger partial charge in [0.15, 0.2) is 0 Å². The number of piperazine rings is 1. The van der Waals surface area contributed by atoms with Crippen LogP contribution in [0.1, 0.15) is 27.2 Å². The lowest BCUT2D eigenvalue weighted by Crippen LogP contribution is -2.48. The lowest BCUT2D eigenvalue weighted by molar-refractivity contribution is -0.137. The lowest BCUT2D eigenvalue weighted by atomic mass is 10.1. The molecule has 1 aliphatic heterocycles. The number of benzene rings is 1. The summed E-state index contributed by atoms with van der Waals surface area (Å²) in [7, 11) is 1.79. The largest absolute Gasteiger partial charge is 0.416 e. The maximum atomic E-state index is 12.8. The summed E-state index contributed by atoms with van der Waals surface area (Å²) in [6.45, 7) is 4.64. The van der Waals surface area contributed by atoms with Crippen LogP contribution in [0.2, 0.25) is 0 Å². The fraction of sp³-hybridized carbons (Fsp3) is 0.444. The van der Waals surface area contributed by atoms with Crippen LogP contribution in [-0.2, 0) is 19.8 Å². The van der Waals surface area contributed by atoms with E-state index in [0.29, 0.717) is 43.9 Å². The summed E-state index contributed by atoms with van der Waals surface area (Å²) in [5, 5.41) is 4.10. The third-order valence-corrected chi connectivity index (χ3v) is 4.79. The summed E-state index contributed by atoms with van der Waals surface area (Å²) in [5.74, 6) is -0.0469. The molecular formula is C18H21F3N4O. The van der Waals surface area contributed by atoms with Gasteiger partial charge in [-0.2, -0.15) is 18.3 Å². The van der Waals surface area contributed by atoms with Gasteiger partial charge < -0.3 is 4.90 Å². The SMILES string of the molecule is Cc1c(C(=O)N2CCN(Cc3cccc(C(F)(F)F)c3)CC2)cnn1C. The summed E-state index contributed by atoms with van der Waals surface area (Å²) in [5.41, 5.74) is 1.42. The number of halogens is 3. The van der Waals surface area contributed by atoms with Crippen LogP contribution in [0.3, 0.4) is 0 Å². The smallest absolute Gasteiger partial charge is 0.336 e. The number of amides is 1. The van der Waals surface area contributed by atoms with E-state index >= 15 is 0 Å². The van der Waals surface area contributed by atoms with Crippen molar-refractivity contribution < 1.29 is 18.0 Å². The summed E-state index contributed by atoms with van der Waals surface area (Å²) in [6.07, 6.45) is -2.75. The minimum atomic E-state index is -4.33. The number of aryl methyl sites for hydroxylation is 1. The van der Waals surface area contributed by atoms with E-state index in [4.69, 9.17) is 0 Å². The van der Waals surface area contributed by atoms with E-state index in [-0.39, 0.29) is 5.91 Å². The second-order valence-corrected chi connectivity index (χ2v) is 6.53. The monoisotopic (exact) mass is 366 g/mol. The molecule has 3 rings (SSSR count). The van der Waals surface area contributed by atoms with Crippen LogP contribution in [-0.4, -0.2) is 51.7 Å². The van der Waals surface area contributed by atoms with Gasteiger partial charge in [-0.15, -0.1) is 0 Å². The lowest BCUT2D eigenvalue weighted by Gasteiger charge is -2.34. The fourth-order valence-corrected chi connectivity index (χ4v) is 3.09. The standard InChI is InChI=1S/C18H21F3N4O/c1-13-16(11-22-23(13)2)17(26)25-8-6-24(7-9-25)12-14-4-3-5-15(10-14)18(19,20)21/h3-5,10-11H,6-9,12H2,1-2H3. The van der Waals surface area contributed by atoms with Crippen LogP contribution < -0.4 is 0 Å². The van der Waals surface area contributed by atoms with Gasteiger partial charge in [0.2, 0.25) is 0 Å². The van der Waals surface area contributed by atoms with Gasteiger partial charge in [0.25, 0.3) is 5.91 Å². The van der Waals surface area contributed by atoms with Crippen molar-refractivity contribution in [2.24, 2.45) is 7.05 Å². The third kappa shape index (κ3) is 3.90. The van der Waals surface area contributed by atoms with E-state index in [1.165, 1.54) is 12.1 Å². The zero-order chi connectivity index (χ0) is 18.9. The van der Waals surface area contributed by atoms with Gasteiger partial charge in [-0.1, -0.05) is 18.2 Å². The zero-order valence-electron chi connectivity index (χ0n) is 14.8. The van der Waals surface area contributed by atoms with Crippen LogP contribution in [0.4, 0.5) is 13.2 Å². The van der Waals surface area contributed by atoms with E-state index < -0.39 is 11.7 Å². The summed E-state index contributed by atoms with van der Waals surface area (Å²) < 4.78 is 40.1. The quantitative estimate of drug-likeness (QED) is 0.839. The Bertz CT molecular complexity index is 792. The van der Waals surface area contributed by atoms with E-state index in [9.17, 15) is 18.0 Å². The Morgan fingerprint density at radius 1 is 1.19 bits per heavy atom. The Morgan fingerprint density at radius 3 is 2.46 bits per heavy atom. The molecule has 2 aromatic rings. The Balaban J connectivity index is 1.59. The second kappa shape index (κ2) is 7.11. The number of alkyl halides is 3. The van der Waals surface area contributed by atoms with E-state index in [0.717, 1.165) is 11.8 Å². The van der Waals surface area contributed by atoms with E-state index in [1.807, 2.05) is 6.92 Å². The molecule has 0 N–H and O–H groups in total. The van der Waals surface area contributed by atoms with E-state index in [2.05, 4.69) is 10.00 Å². The minimum Gasteiger partial charge on any atom is -0.336 e. The number of carbonyl (C=O) groups excluding carboxylic acids is 1. The molecule has 0 atom stereocenters. The first-order valence-corrected chi connectivity index (χ1v) is 8.42. The fourth-order valence-electron chi connectivity index (χ4n) is 3.09. The topological polar surface area (TPSA) is 41.4 Å². The molecular weight excluding hydrogens is 345 g/mol. The van der Waals surface area contributed by atoms with Gasteiger partial charge in [-0.25, -0.2) is 0 Å². The highest BCUT2D eigenvalue weighted by Crippen LogP contribution is 2.29. The first kappa shape index (κ1) is 18.4. The number of rotatable bonds is 3. The maximum Gasteiger partial charge on any atom is 0.416 e.